The molecule has 1 saturated heterocycles. The zero-order valence-corrected chi connectivity index (χ0v) is 13.4. The van der Waals surface area contributed by atoms with Crippen molar-refractivity contribution < 1.29 is 0 Å². The van der Waals surface area contributed by atoms with E-state index in [9.17, 15) is 0 Å². The second kappa shape index (κ2) is 5.40. The van der Waals surface area contributed by atoms with Gasteiger partial charge in [-0.3, -0.25) is 0 Å². The Morgan fingerprint density at radius 3 is 2.90 bits per heavy atom. The maximum Gasteiger partial charge on any atom is 0.160 e. The molecule has 1 atom stereocenters. The standard InChI is InChI=1S/C16H23N3S/c1-16(2,3)11-19-14-12(7-6-9-17-14)18-15(19)13-8-4-5-10-20-13/h6-7,9,13H,4-5,8,10-11H2,1-3H3. The largest absolute Gasteiger partial charge is 0.311 e. The highest BCUT2D eigenvalue weighted by atomic mass is 32.2. The Balaban J connectivity index is 2.06. The van der Waals surface area contributed by atoms with Gasteiger partial charge < -0.3 is 4.57 Å². The summed E-state index contributed by atoms with van der Waals surface area (Å²) in [7, 11) is 0. The fraction of sp³-hybridized carbons (Fsp3) is 0.625. The number of thioether (sulfide) groups is 1. The fourth-order valence-electron chi connectivity index (χ4n) is 2.80. The number of pyridine rings is 1. The Labute approximate surface area is 125 Å². The minimum absolute atomic E-state index is 0.235. The van der Waals surface area contributed by atoms with Gasteiger partial charge in [-0.15, -0.1) is 0 Å². The van der Waals surface area contributed by atoms with Crippen LogP contribution in [-0.4, -0.2) is 20.3 Å². The third-order valence-corrected chi connectivity index (χ3v) is 5.01. The Morgan fingerprint density at radius 1 is 1.35 bits per heavy atom. The lowest BCUT2D eigenvalue weighted by Gasteiger charge is -2.25. The van der Waals surface area contributed by atoms with Crippen LogP contribution < -0.4 is 0 Å². The van der Waals surface area contributed by atoms with Crippen molar-refractivity contribution in [3.63, 3.8) is 0 Å². The highest BCUT2D eigenvalue weighted by Gasteiger charge is 2.25. The first kappa shape index (κ1) is 13.9. The van der Waals surface area contributed by atoms with Gasteiger partial charge in [-0.1, -0.05) is 27.2 Å². The van der Waals surface area contributed by atoms with Crippen LogP contribution in [0.25, 0.3) is 11.2 Å². The van der Waals surface area contributed by atoms with Gasteiger partial charge in [-0.25, -0.2) is 9.97 Å². The summed E-state index contributed by atoms with van der Waals surface area (Å²) >= 11 is 2.06. The predicted octanol–water partition coefficient (Wildman–Crippen LogP) is 4.44. The van der Waals surface area contributed by atoms with Gasteiger partial charge in [0, 0.05) is 12.7 Å². The summed E-state index contributed by atoms with van der Waals surface area (Å²) in [6.45, 7) is 7.81. The van der Waals surface area contributed by atoms with Gasteiger partial charge in [-0.2, -0.15) is 11.8 Å². The minimum Gasteiger partial charge on any atom is -0.311 e. The van der Waals surface area contributed by atoms with Crippen molar-refractivity contribution in [3.8, 4) is 0 Å². The highest BCUT2D eigenvalue weighted by molar-refractivity contribution is 7.99. The summed E-state index contributed by atoms with van der Waals surface area (Å²) in [5.41, 5.74) is 2.32. The number of fused-ring (bicyclic) bond motifs is 1. The van der Waals surface area contributed by atoms with Gasteiger partial charge in [0.25, 0.3) is 0 Å². The van der Waals surface area contributed by atoms with Crippen molar-refractivity contribution in [1.29, 1.82) is 0 Å². The number of hydrogen-bond donors (Lipinski definition) is 0. The van der Waals surface area contributed by atoms with Crippen molar-refractivity contribution in [2.45, 2.75) is 51.8 Å². The Bertz CT molecular complexity index is 591. The molecule has 3 heterocycles. The zero-order chi connectivity index (χ0) is 14.2. The normalized spacial score (nSPS) is 20.4. The highest BCUT2D eigenvalue weighted by Crippen LogP contribution is 2.39. The molecule has 3 nitrogen and oxygen atoms in total. The molecule has 20 heavy (non-hydrogen) atoms. The van der Waals surface area contributed by atoms with Crippen molar-refractivity contribution >= 4 is 22.9 Å². The van der Waals surface area contributed by atoms with Gasteiger partial charge in [-0.05, 0) is 36.1 Å². The first-order chi connectivity index (χ1) is 9.54. The second-order valence-corrected chi connectivity index (χ2v) is 8.13. The summed E-state index contributed by atoms with van der Waals surface area (Å²) in [6, 6.07) is 4.06. The van der Waals surface area contributed by atoms with E-state index in [-0.39, 0.29) is 5.41 Å². The molecule has 1 fully saturated rings. The summed E-state index contributed by atoms with van der Waals surface area (Å²) in [6.07, 6.45) is 5.79. The van der Waals surface area contributed by atoms with E-state index in [4.69, 9.17) is 4.98 Å². The number of aromatic nitrogens is 3. The first-order valence-corrected chi connectivity index (χ1v) is 8.52. The molecular weight excluding hydrogens is 266 g/mol. The smallest absolute Gasteiger partial charge is 0.160 e. The van der Waals surface area contributed by atoms with Crippen molar-refractivity contribution in [2.24, 2.45) is 5.41 Å². The van der Waals surface area contributed by atoms with Crippen LogP contribution in [0.2, 0.25) is 0 Å². The number of imidazole rings is 1. The SMILES string of the molecule is CC(C)(C)Cn1c(C2CCCCS2)nc2cccnc21. The van der Waals surface area contributed by atoms with E-state index in [1.54, 1.807) is 0 Å². The molecule has 3 rings (SSSR count). The Hall–Kier alpha value is -1.03. The van der Waals surface area contributed by atoms with Crippen LogP contribution in [0.3, 0.4) is 0 Å². The molecule has 0 radical (unpaired) electrons. The molecule has 1 unspecified atom stereocenters. The van der Waals surface area contributed by atoms with Gasteiger partial charge >= 0.3 is 0 Å². The van der Waals surface area contributed by atoms with Crippen LogP contribution in [-0.2, 0) is 6.54 Å². The quantitative estimate of drug-likeness (QED) is 0.819. The average molecular weight is 289 g/mol. The molecule has 0 amide bonds. The molecule has 2 aromatic rings. The molecule has 0 bridgehead atoms. The van der Waals surface area contributed by atoms with Crippen molar-refractivity contribution in [2.75, 3.05) is 5.75 Å². The summed E-state index contributed by atoms with van der Waals surface area (Å²) in [5.74, 6) is 2.50. The summed E-state index contributed by atoms with van der Waals surface area (Å²) < 4.78 is 2.36. The Kier molecular flexibility index (Phi) is 3.76. The molecule has 0 aliphatic carbocycles. The molecule has 0 aromatic carbocycles. The third kappa shape index (κ3) is 2.85. The van der Waals surface area contributed by atoms with Crippen LogP contribution in [0.1, 0.15) is 51.1 Å². The molecule has 1 aliphatic rings. The van der Waals surface area contributed by atoms with Crippen LogP contribution in [0.15, 0.2) is 18.3 Å². The zero-order valence-electron chi connectivity index (χ0n) is 12.6. The number of nitrogens with zero attached hydrogens (tertiary/aromatic N) is 3. The van der Waals surface area contributed by atoms with E-state index >= 15 is 0 Å². The molecular formula is C16H23N3S. The molecule has 0 spiro atoms. The maximum atomic E-state index is 4.90. The van der Waals surface area contributed by atoms with E-state index in [0.29, 0.717) is 5.25 Å². The number of hydrogen-bond acceptors (Lipinski definition) is 3. The maximum absolute atomic E-state index is 4.90. The Morgan fingerprint density at radius 2 is 2.20 bits per heavy atom. The molecule has 108 valence electrons. The average Bonchev–Trinajstić information content (AvgIpc) is 2.77. The molecule has 4 heteroatoms. The molecule has 2 aromatic heterocycles. The van der Waals surface area contributed by atoms with E-state index in [0.717, 1.165) is 17.7 Å². The van der Waals surface area contributed by atoms with Gasteiger partial charge in [0.15, 0.2) is 5.65 Å². The summed E-state index contributed by atoms with van der Waals surface area (Å²) in [5, 5.41) is 0.542. The van der Waals surface area contributed by atoms with Gasteiger partial charge in [0.1, 0.15) is 11.3 Å². The van der Waals surface area contributed by atoms with Gasteiger partial charge in [0.2, 0.25) is 0 Å². The lowest BCUT2D eigenvalue weighted by molar-refractivity contribution is 0.340. The van der Waals surface area contributed by atoms with Crippen molar-refractivity contribution in [3.05, 3.63) is 24.2 Å². The monoisotopic (exact) mass is 289 g/mol. The molecule has 0 saturated carbocycles. The molecule has 0 N–H and O–H groups in total. The lowest BCUT2D eigenvalue weighted by atomic mass is 9.96. The fourth-order valence-corrected chi connectivity index (χ4v) is 4.11. The van der Waals surface area contributed by atoms with E-state index in [2.05, 4.69) is 48.2 Å². The van der Waals surface area contributed by atoms with Crippen LogP contribution in [0.4, 0.5) is 0 Å². The van der Waals surface area contributed by atoms with E-state index in [1.165, 1.54) is 30.8 Å². The van der Waals surface area contributed by atoms with Crippen LogP contribution in [0, 0.1) is 5.41 Å². The predicted molar refractivity (Wildman–Crippen MR) is 86.0 cm³/mol. The minimum atomic E-state index is 0.235. The topological polar surface area (TPSA) is 30.7 Å². The molecule has 1 aliphatic heterocycles. The number of rotatable bonds is 2. The third-order valence-electron chi connectivity index (χ3n) is 3.63. The lowest BCUT2D eigenvalue weighted by Crippen LogP contribution is -2.19. The second-order valence-electron chi connectivity index (χ2n) is 6.82. The first-order valence-electron chi connectivity index (χ1n) is 7.47. The van der Waals surface area contributed by atoms with Gasteiger partial charge in [0.05, 0.1) is 5.25 Å². The van der Waals surface area contributed by atoms with Crippen LogP contribution >= 0.6 is 11.8 Å². The summed E-state index contributed by atoms with van der Waals surface area (Å²) in [4.78, 5) is 9.47. The van der Waals surface area contributed by atoms with Crippen molar-refractivity contribution in [1.82, 2.24) is 14.5 Å². The van der Waals surface area contributed by atoms with Crippen LogP contribution in [0.5, 0.6) is 0 Å². The van der Waals surface area contributed by atoms with E-state index < -0.39 is 0 Å². The van der Waals surface area contributed by atoms with E-state index in [1.807, 2.05) is 12.3 Å².